The Hall–Kier alpha value is -1.56. The maximum atomic E-state index is 12.2. The number of aromatic carboxylic acids is 1. The van der Waals surface area contributed by atoms with E-state index in [1.54, 1.807) is 6.07 Å². The van der Waals surface area contributed by atoms with E-state index < -0.39 is 11.9 Å². The lowest BCUT2D eigenvalue weighted by molar-refractivity contribution is 0.0698. The lowest BCUT2D eigenvalue weighted by atomic mass is 10.1. The van der Waals surface area contributed by atoms with Crippen molar-refractivity contribution in [3.05, 3.63) is 62.0 Å². The molecule has 0 fully saturated rings. The predicted octanol–water partition coefficient (Wildman–Crippen LogP) is 4.71. The zero-order valence-corrected chi connectivity index (χ0v) is 13.5. The number of rotatable bonds is 3. The zero-order chi connectivity index (χ0) is 15.6. The zero-order valence-electron chi connectivity index (χ0n) is 10.4. The van der Waals surface area contributed by atoms with Crippen LogP contribution in [0.25, 0.3) is 0 Å². The molecule has 0 saturated carbocycles. The number of carbonyl (C=O) groups is 2. The Morgan fingerprint density at radius 1 is 1.10 bits per heavy atom. The van der Waals surface area contributed by atoms with Crippen molar-refractivity contribution in [3.63, 3.8) is 0 Å². The molecule has 0 aliphatic carbocycles. The predicted molar refractivity (Wildman–Crippen MR) is 85.5 cm³/mol. The number of nitrogens with one attached hydrogen (secondary N) is 1. The largest absolute Gasteiger partial charge is 0.478 e. The van der Waals surface area contributed by atoms with Gasteiger partial charge in [-0.25, -0.2) is 4.79 Å². The minimum absolute atomic E-state index is 0.0581. The second kappa shape index (κ2) is 6.47. The van der Waals surface area contributed by atoms with Crippen LogP contribution in [0.15, 0.2) is 40.9 Å². The fraction of sp³-hybridized carbons (Fsp3) is 0. The maximum absolute atomic E-state index is 12.2. The van der Waals surface area contributed by atoms with Crippen LogP contribution in [0.3, 0.4) is 0 Å². The minimum Gasteiger partial charge on any atom is -0.478 e. The quantitative estimate of drug-likeness (QED) is 0.800. The lowest BCUT2D eigenvalue weighted by Gasteiger charge is -2.10. The first-order chi connectivity index (χ1) is 9.90. The number of amides is 1. The Bertz CT molecular complexity index is 734. The van der Waals surface area contributed by atoms with Gasteiger partial charge in [0.05, 0.1) is 21.3 Å². The molecule has 0 saturated heterocycles. The molecule has 0 aliphatic rings. The molecule has 0 aliphatic heterocycles. The summed E-state index contributed by atoms with van der Waals surface area (Å²) in [6.45, 7) is 0. The van der Waals surface area contributed by atoms with Gasteiger partial charge in [-0.3, -0.25) is 4.79 Å². The van der Waals surface area contributed by atoms with E-state index >= 15 is 0 Å². The van der Waals surface area contributed by atoms with Crippen molar-refractivity contribution in [2.24, 2.45) is 0 Å². The molecule has 0 bridgehead atoms. The van der Waals surface area contributed by atoms with Gasteiger partial charge in [0, 0.05) is 10.0 Å². The van der Waals surface area contributed by atoms with Crippen molar-refractivity contribution >= 4 is 56.7 Å². The van der Waals surface area contributed by atoms with Crippen LogP contribution in [0.2, 0.25) is 10.0 Å². The average molecular weight is 389 g/mol. The first-order valence-electron chi connectivity index (χ1n) is 5.68. The van der Waals surface area contributed by atoms with E-state index in [9.17, 15) is 9.59 Å². The Morgan fingerprint density at radius 2 is 1.81 bits per heavy atom. The normalized spacial score (nSPS) is 10.2. The number of anilines is 1. The van der Waals surface area contributed by atoms with Gasteiger partial charge < -0.3 is 10.4 Å². The van der Waals surface area contributed by atoms with Crippen LogP contribution in [0.1, 0.15) is 20.7 Å². The first kappa shape index (κ1) is 15.8. The van der Waals surface area contributed by atoms with E-state index in [1.165, 1.54) is 30.3 Å². The molecule has 4 nitrogen and oxygen atoms in total. The SMILES string of the molecule is O=C(Nc1c(Cl)cccc1C(=O)O)c1ccc(Cl)c(Br)c1. The third kappa shape index (κ3) is 3.56. The molecular weight excluding hydrogens is 381 g/mol. The highest BCUT2D eigenvalue weighted by molar-refractivity contribution is 9.10. The molecule has 7 heteroatoms. The molecule has 0 unspecified atom stereocenters. The van der Waals surface area contributed by atoms with Crippen molar-refractivity contribution in [3.8, 4) is 0 Å². The summed E-state index contributed by atoms with van der Waals surface area (Å²) in [5, 5.41) is 12.2. The van der Waals surface area contributed by atoms with Gasteiger partial charge in [0.2, 0.25) is 0 Å². The summed E-state index contributed by atoms with van der Waals surface area (Å²) in [5.74, 6) is -1.66. The van der Waals surface area contributed by atoms with Gasteiger partial charge in [0.15, 0.2) is 0 Å². The molecule has 0 spiro atoms. The van der Waals surface area contributed by atoms with Gasteiger partial charge in [0.1, 0.15) is 0 Å². The molecule has 2 aromatic carbocycles. The Kier molecular flexibility index (Phi) is 4.88. The van der Waals surface area contributed by atoms with Gasteiger partial charge in [-0.15, -0.1) is 0 Å². The topological polar surface area (TPSA) is 66.4 Å². The van der Waals surface area contributed by atoms with E-state index in [4.69, 9.17) is 28.3 Å². The van der Waals surface area contributed by atoms with E-state index in [-0.39, 0.29) is 16.3 Å². The van der Waals surface area contributed by atoms with Crippen molar-refractivity contribution in [1.82, 2.24) is 0 Å². The fourth-order valence-electron chi connectivity index (χ4n) is 1.65. The van der Waals surface area contributed by atoms with Crippen molar-refractivity contribution in [1.29, 1.82) is 0 Å². The molecule has 0 heterocycles. The van der Waals surface area contributed by atoms with Crippen LogP contribution in [-0.4, -0.2) is 17.0 Å². The van der Waals surface area contributed by atoms with Gasteiger partial charge in [-0.1, -0.05) is 29.3 Å². The molecular formula is C14H8BrCl2NO3. The average Bonchev–Trinajstić information content (AvgIpc) is 2.43. The second-order valence-electron chi connectivity index (χ2n) is 4.05. The van der Waals surface area contributed by atoms with E-state index in [2.05, 4.69) is 21.2 Å². The molecule has 0 atom stereocenters. The number of hydrogen-bond donors (Lipinski definition) is 2. The molecule has 0 aromatic heterocycles. The number of hydrogen-bond acceptors (Lipinski definition) is 2. The monoisotopic (exact) mass is 387 g/mol. The highest BCUT2D eigenvalue weighted by Gasteiger charge is 2.16. The van der Waals surface area contributed by atoms with Crippen molar-refractivity contribution in [2.45, 2.75) is 0 Å². The van der Waals surface area contributed by atoms with Gasteiger partial charge in [0.25, 0.3) is 5.91 Å². The summed E-state index contributed by atoms with van der Waals surface area (Å²) in [4.78, 5) is 23.3. The number of carboxylic acid groups (broad SMARTS) is 1. The molecule has 0 radical (unpaired) electrons. The van der Waals surface area contributed by atoms with Crippen LogP contribution >= 0.6 is 39.1 Å². The maximum Gasteiger partial charge on any atom is 0.337 e. The molecule has 21 heavy (non-hydrogen) atoms. The molecule has 2 aromatic rings. The standard InChI is InChI=1S/C14H8BrCl2NO3/c15-9-6-7(4-5-10(9)16)13(19)18-12-8(14(20)21)2-1-3-11(12)17/h1-6H,(H,18,19)(H,20,21). The summed E-state index contributed by atoms with van der Waals surface area (Å²) in [7, 11) is 0. The number of halogens is 3. The highest BCUT2D eigenvalue weighted by Crippen LogP contribution is 2.28. The third-order valence-electron chi connectivity index (χ3n) is 2.66. The highest BCUT2D eigenvalue weighted by atomic mass is 79.9. The van der Waals surface area contributed by atoms with Gasteiger partial charge >= 0.3 is 5.97 Å². The van der Waals surface area contributed by atoms with Crippen LogP contribution in [0, 0.1) is 0 Å². The van der Waals surface area contributed by atoms with Crippen LogP contribution in [-0.2, 0) is 0 Å². The van der Waals surface area contributed by atoms with E-state index in [1.807, 2.05) is 0 Å². The molecule has 2 rings (SSSR count). The number of carboxylic acids is 1. The fourth-order valence-corrected chi connectivity index (χ4v) is 2.37. The molecule has 1 amide bonds. The minimum atomic E-state index is -1.18. The van der Waals surface area contributed by atoms with Gasteiger partial charge in [-0.2, -0.15) is 0 Å². The van der Waals surface area contributed by atoms with Crippen molar-refractivity contribution < 1.29 is 14.7 Å². The summed E-state index contributed by atoms with van der Waals surface area (Å²) >= 11 is 15.0. The molecule has 2 N–H and O–H groups in total. The Morgan fingerprint density at radius 3 is 2.43 bits per heavy atom. The van der Waals surface area contributed by atoms with Crippen LogP contribution < -0.4 is 5.32 Å². The molecule has 108 valence electrons. The second-order valence-corrected chi connectivity index (χ2v) is 5.72. The summed E-state index contributed by atoms with van der Waals surface area (Å²) in [5.41, 5.74) is 0.300. The third-order valence-corrected chi connectivity index (χ3v) is 4.19. The Labute approximate surface area is 138 Å². The first-order valence-corrected chi connectivity index (χ1v) is 7.23. The summed E-state index contributed by atoms with van der Waals surface area (Å²) < 4.78 is 0.564. The van der Waals surface area contributed by atoms with Crippen molar-refractivity contribution in [2.75, 3.05) is 5.32 Å². The number of para-hydroxylation sites is 1. The number of carbonyl (C=O) groups excluding carboxylic acids is 1. The van der Waals surface area contributed by atoms with E-state index in [0.717, 1.165) is 0 Å². The van der Waals surface area contributed by atoms with Gasteiger partial charge in [-0.05, 0) is 46.3 Å². The lowest BCUT2D eigenvalue weighted by Crippen LogP contribution is -2.15. The smallest absolute Gasteiger partial charge is 0.337 e. The Balaban J connectivity index is 2.36. The number of benzene rings is 2. The summed E-state index contributed by atoms with van der Waals surface area (Å²) in [6.07, 6.45) is 0. The van der Waals surface area contributed by atoms with Crippen LogP contribution in [0.4, 0.5) is 5.69 Å². The summed E-state index contributed by atoms with van der Waals surface area (Å²) in [6, 6.07) is 8.99. The van der Waals surface area contributed by atoms with E-state index in [0.29, 0.717) is 15.1 Å². The van der Waals surface area contributed by atoms with Crippen LogP contribution in [0.5, 0.6) is 0 Å².